The van der Waals surface area contributed by atoms with E-state index >= 15 is 0 Å². The van der Waals surface area contributed by atoms with E-state index < -0.39 is 0 Å². The number of methoxy groups -OCH3 is 1. The third-order valence-corrected chi connectivity index (χ3v) is 5.53. The topological polar surface area (TPSA) is 61.9 Å². The molecule has 2 heterocycles. The fourth-order valence-corrected chi connectivity index (χ4v) is 4.08. The Morgan fingerprint density at radius 1 is 1.25 bits per heavy atom. The number of halogens is 1. The number of hydrogen-bond donors (Lipinski definition) is 1. The summed E-state index contributed by atoms with van der Waals surface area (Å²) >= 11 is 7.83. The van der Waals surface area contributed by atoms with Gasteiger partial charge in [0.2, 0.25) is 5.91 Å². The van der Waals surface area contributed by atoms with Crippen molar-refractivity contribution in [1.82, 2.24) is 15.1 Å². The Kier molecular flexibility index (Phi) is 5.53. The molecule has 0 aliphatic carbocycles. The minimum Gasteiger partial charge on any atom is -0.495 e. The number of carbonyl (C=O) groups is 2. The van der Waals surface area contributed by atoms with Crippen LogP contribution in [0.3, 0.4) is 0 Å². The average Bonchev–Trinajstić information content (AvgIpc) is 3.15. The minimum atomic E-state index is -0.0855. The highest BCUT2D eigenvalue weighted by molar-refractivity contribution is 7.99. The van der Waals surface area contributed by atoms with E-state index in [-0.39, 0.29) is 17.9 Å². The monoisotopic (exact) mass is 369 g/mol. The van der Waals surface area contributed by atoms with E-state index in [0.717, 1.165) is 11.6 Å². The maximum atomic E-state index is 12.6. The number of carbonyl (C=O) groups excluding carboxylic acids is 2. The second-order valence-electron chi connectivity index (χ2n) is 5.74. The molecule has 0 saturated carbocycles. The molecule has 2 saturated heterocycles. The minimum absolute atomic E-state index is 0.0683. The summed E-state index contributed by atoms with van der Waals surface area (Å²) < 4.78 is 5.11. The van der Waals surface area contributed by atoms with Crippen LogP contribution in [0.5, 0.6) is 5.75 Å². The van der Waals surface area contributed by atoms with Gasteiger partial charge in [0, 0.05) is 43.4 Å². The summed E-state index contributed by atoms with van der Waals surface area (Å²) in [4.78, 5) is 28.6. The number of rotatable bonds is 3. The quantitative estimate of drug-likeness (QED) is 0.870. The zero-order valence-electron chi connectivity index (χ0n) is 13.5. The average molecular weight is 370 g/mol. The van der Waals surface area contributed by atoms with Crippen LogP contribution in [0.1, 0.15) is 10.4 Å². The van der Waals surface area contributed by atoms with Crippen molar-refractivity contribution in [2.24, 2.45) is 0 Å². The van der Waals surface area contributed by atoms with Gasteiger partial charge in [-0.1, -0.05) is 11.6 Å². The Morgan fingerprint density at radius 2 is 1.96 bits per heavy atom. The summed E-state index contributed by atoms with van der Waals surface area (Å²) in [6.07, 6.45) is 0. The molecule has 2 amide bonds. The van der Waals surface area contributed by atoms with E-state index in [1.807, 2.05) is 4.90 Å². The van der Waals surface area contributed by atoms with Crippen LogP contribution >= 0.6 is 23.4 Å². The van der Waals surface area contributed by atoms with Crippen molar-refractivity contribution in [3.63, 3.8) is 0 Å². The van der Waals surface area contributed by atoms with Crippen molar-refractivity contribution in [3.05, 3.63) is 28.8 Å². The highest BCUT2D eigenvalue weighted by atomic mass is 35.5. The molecular formula is C16H20ClN3O3S. The molecule has 1 aromatic carbocycles. The van der Waals surface area contributed by atoms with Gasteiger partial charge in [-0.25, -0.2) is 0 Å². The largest absolute Gasteiger partial charge is 0.495 e. The third kappa shape index (κ3) is 3.63. The zero-order valence-corrected chi connectivity index (χ0v) is 15.0. The van der Waals surface area contributed by atoms with Crippen molar-refractivity contribution in [1.29, 1.82) is 0 Å². The van der Waals surface area contributed by atoms with Gasteiger partial charge in [-0.15, -0.1) is 11.8 Å². The maximum Gasteiger partial charge on any atom is 0.254 e. The number of piperazine rings is 1. The van der Waals surface area contributed by atoms with Crippen LogP contribution in [0, 0.1) is 0 Å². The molecule has 3 rings (SSSR count). The van der Waals surface area contributed by atoms with Crippen LogP contribution in [0.25, 0.3) is 0 Å². The number of amides is 2. The molecule has 0 spiro atoms. The van der Waals surface area contributed by atoms with Crippen LogP contribution in [0.4, 0.5) is 0 Å². The fraction of sp³-hybridized carbons (Fsp3) is 0.500. The first-order valence-electron chi connectivity index (χ1n) is 7.83. The molecule has 1 atom stereocenters. The molecule has 2 fully saturated rings. The van der Waals surface area contributed by atoms with Crippen LogP contribution in [0.15, 0.2) is 18.2 Å². The Bertz CT molecular complexity index is 629. The summed E-state index contributed by atoms with van der Waals surface area (Å²) in [5.41, 5.74) is 0.537. The van der Waals surface area contributed by atoms with Crippen molar-refractivity contribution in [2.75, 3.05) is 44.9 Å². The van der Waals surface area contributed by atoms with Crippen molar-refractivity contribution >= 4 is 35.2 Å². The van der Waals surface area contributed by atoms with Crippen molar-refractivity contribution in [3.8, 4) is 5.75 Å². The first kappa shape index (κ1) is 17.4. The van der Waals surface area contributed by atoms with Gasteiger partial charge in [-0.2, -0.15) is 0 Å². The predicted octanol–water partition coefficient (Wildman–Crippen LogP) is 1.30. The van der Waals surface area contributed by atoms with Crippen molar-refractivity contribution in [2.45, 2.75) is 6.04 Å². The number of nitrogens with one attached hydrogen (secondary N) is 1. The van der Waals surface area contributed by atoms with E-state index in [0.29, 0.717) is 42.5 Å². The molecule has 8 heteroatoms. The lowest BCUT2D eigenvalue weighted by Crippen LogP contribution is -2.54. The van der Waals surface area contributed by atoms with Crippen LogP contribution in [-0.2, 0) is 4.79 Å². The van der Waals surface area contributed by atoms with Gasteiger partial charge in [0.15, 0.2) is 0 Å². The second kappa shape index (κ2) is 7.63. The van der Waals surface area contributed by atoms with Gasteiger partial charge < -0.3 is 14.5 Å². The molecule has 0 radical (unpaired) electrons. The number of nitrogens with zero attached hydrogens (tertiary/aromatic N) is 2. The summed E-state index contributed by atoms with van der Waals surface area (Å²) in [5, 5.41) is 3.61. The highest BCUT2D eigenvalue weighted by Crippen LogP contribution is 2.25. The van der Waals surface area contributed by atoms with Gasteiger partial charge in [0.1, 0.15) is 5.75 Å². The van der Waals surface area contributed by atoms with E-state index in [1.54, 1.807) is 34.9 Å². The molecular weight excluding hydrogens is 350 g/mol. The molecule has 130 valence electrons. The van der Waals surface area contributed by atoms with Gasteiger partial charge in [0.05, 0.1) is 18.2 Å². The summed E-state index contributed by atoms with van der Waals surface area (Å²) in [5.74, 6) is 2.27. The lowest BCUT2D eigenvalue weighted by atomic mass is 10.1. The van der Waals surface area contributed by atoms with Crippen molar-refractivity contribution < 1.29 is 14.3 Å². The van der Waals surface area contributed by atoms with E-state index in [9.17, 15) is 9.59 Å². The Hall–Kier alpha value is -1.44. The smallest absolute Gasteiger partial charge is 0.254 e. The third-order valence-electron chi connectivity index (χ3n) is 4.29. The molecule has 0 bridgehead atoms. The molecule has 1 aromatic rings. The van der Waals surface area contributed by atoms with Gasteiger partial charge >= 0.3 is 0 Å². The molecule has 24 heavy (non-hydrogen) atoms. The molecule has 2 aliphatic rings. The summed E-state index contributed by atoms with van der Waals surface area (Å²) in [6.45, 7) is 2.21. The highest BCUT2D eigenvalue weighted by Gasteiger charge is 2.30. The van der Waals surface area contributed by atoms with Gasteiger partial charge in [-0.3, -0.25) is 14.9 Å². The van der Waals surface area contributed by atoms with Gasteiger partial charge in [0.25, 0.3) is 5.91 Å². The first-order valence-corrected chi connectivity index (χ1v) is 9.36. The van der Waals surface area contributed by atoms with E-state index in [4.69, 9.17) is 16.3 Å². The van der Waals surface area contributed by atoms with Crippen LogP contribution < -0.4 is 10.1 Å². The molecule has 0 aromatic heterocycles. The first-order chi connectivity index (χ1) is 11.6. The van der Waals surface area contributed by atoms with E-state index in [2.05, 4.69) is 5.32 Å². The zero-order chi connectivity index (χ0) is 17.1. The maximum absolute atomic E-state index is 12.6. The standard InChI is InChI=1S/C16H20ClN3O3S/c1-23-14-3-2-11(8-12(14)17)15(21)19-4-6-20(7-5-19)16(22)13-9-24-10-18-13/h2-3,8,13,18H,4-7,9-10H2,1H3. The lowest BCUT2D eigenvalue weighted by molar-refractivity contribution is -0.134. The molecule has 2 aliphatic heterocycles. The Labute approximate surface area is 150 Å². The Morgan fingerprint density at radius 3 is 2.54 bits per heavy atom. The summed E-state index contributed by atoms with van der Waals surface area (Å²) in [6, 6.07) is 4.95. The molecule has 1 N–H and O–H groups in total. The number of hydrogen-bond acceptors (Lipinski definition) is 5. The SMILES string of the molecule is COc1ccc(C(=O)N2CCN(C(=O)C3CSCN3)CC2)cc1Cl. The predicted molar refractivity (Wildman–Crippen MR) is 94.7 cm³/mol. The molecule has 1 unspecified atom stereocenters. The van der Waals surface area contributed by atoms with Gasteiger partial charge in [-0.05, 0) is 18.2 Å². The van der Waals surface area contributed by atoms with Crippen LogP contribution in [-0.4, -0.2) is 72.6 Å². The fourth-order valence-electron chi connectivity index (χ4n) is 2.89. The second-order valence-corrected chi connectivity index (χ2v) is 7.18. The Balaban J connectivity index is 1.58. The number of benzene rings is 1. The normalized spacial score (nSPS) is 21.0. The summed E-state index contributed by atoms with van der Waals surface area (Å²) in [7, 11) is 1.54. The van der Waals surface area contributed by atoms with E-state index in [1.165, 1.54) is 7.11 Å². The number of ether oxygens (including phenoxy) is 1. The van der Waals surface area contributed by atoms with Crippen LogP contribution in [0.2, 0.25) is 5.02 Å². The molecule has 6 nitrogen and oxygen atoms in total. The number of thioether (sulfide) groups is 1. The lowest BCUT2D eigenvalue weighted by Gasteiger charge is -2.36.